The lowest BCUT2D eigenvalue weighted by Crippen LogP contribution is -2.55. The molecular weight excluding hydrogens is 504 g/mol. The second kappa shape index (κ2) is 8.58. The van der Waals surface area contributed by atoms with E-state index in [1.165, 1.54) is 0 Å². The van der Waals surface area contributed by atoms with E-state index in [1.807, 2.05) is 0 Å². The zero-order chi connectivity index (χ0) is 25.3. The second-order valence-corrected chi connectivity index (χ2v) is 7.53. The Kier molecular flexibility index (Phi) is 7.29. The molecule has 0 bridgehead atoms. The predicted molar refractivity (Wildman–Crippen MR) is 78.7 cm³/mol. The Balaban J connectivity index is 3.28. The van der Waals surface area contributed by atoms with Crippen molar-refractivity contribution in [3.8, 4) is 5.75 Å². The monoisotopic (exact) mass is 511 g/mol. The summed E-state index contributed by atoms with van der Waals surface area (Å²) < 4.78 is 157. The fraction of sp³-hybridized carbons (Fsp3) is 0.462. The van der Waals surface area contributed by atoms with Crippen LogP contribution >= 0.6 is 0 Å². The molecule has 32 heavy (non-hydrogen) atoms. The Morgan fingerprint density at radius 1 is 1.00 bits per heavy atom. The van der Waals surface area contributed by atoms with E-state index in [-0.39, 0.29) is 18.2 Å². The summed E-state index contributed by atoms with van der Waals surface area (Å²) in [6, 6.07) is -0.324. The lowest BCUT2D eigenvalue weighted by molar-refractivity contribution is -0.386. The van der Waals surface area contributed by atoms with E-state index >= 15 is 0 Å². The maximum Gasteiger partial charge on any atom is 0.461 e. The highest BCUT2D eigenvalue weighted by Gasteiger charge is 2.78. The van der Waals surface area contributed by atoms with Crippen LogP contribution in [0.25, 0.3) is 0 Å². The van der Waals surface area contributed by atoms with Crippen molar-refractivity contribution in [3.05, 3.63) is 28.3 Å². The van der Waals surface area contributed by atoms with Crippen molar-refractivity contribution in [2.24, 2.45) is 0 Å². The van der Waals surface area contributed by atoms with Crippen molar-refractivity contribution in [2.75, 3.05) is 13.2 Å². The summed E-state index contributed by atoms with van der Waals surface area (Å²) in [5.74, 6) is -9.96. The molecule has 0 atom stereocenters. The van der Waals surface area contributed by atoms with Gasteiger partial charge in [0.15, 0.2) is 19.0 Å². The molecule has 182 valence electrons. The largest absolute Gasteiger partial charge is 0.475 e. The van der Waals surface area contributed by atoms with Crippen LogP contribution in [-0.4, -0.2) is 56.1 Å². The van der Waals surface area contributed by atoms with Gasteiger partial charge in [-0.3, -0.25) is 10.1 Å². The summed E-state index contributed by atoms with van der Waals surface area (Å²) in [5.41, 5.74) is -1.61. The number of ether oxygens (including phenoxy) is 2. The highest BCUT2D eigenvalue weighted by Crippen LogP contribution is 2.51. The van der Waals surface area contributed by atoms with Crippen molar-refractivity contribution < 1.29 is 71.5 Å². The third-order valence-corrected chi connectivity index (χ3v) is 5.04. The maximum atomic E-state index is 13.6. The van der Waals surface area contributed by atoms with Crippen molar-refractivity contribution in [2.45, 2.75) is 28.4 Å². The second-order valence-electron chi connectivity index (χ2n) is 5.54. The number of nitrogens with zero attached hydrogens (tertiary/aromatic N) is 1. The molecule has 0 saturated heterocycles. The van der Waals surface area contributed by atoms with Crippen molar-refractivity contribution >= 4 is 21.5 Å². The van der Waals surface area contributed by atoms with E-state index < -0.39 is 73.8 Å². The summed E-state index contributed by atoms with van der Waals surface area (Å²) in [6.45, 7) is -3.51. The van der Waals surface area contributed by atoms with Crippen molar-refractivity contribution in [1.82, 2.24) is 0 Å². The van der Waals surface area contributed by atoms with Gasteiger partial charge in [0.05, 0.1) is 9.82 Å². The molecule has 0 radical (unpaired) electrons. The molecule has 8 nitrogen and oxygen atoms in total. The first-order chi connectivity index (χ1) is 14.1. The highest BCUT2D eigenvalue weighted by atomic mass is 32.2. The SMILES string of the molecule is O=C(COc1ccc(S(=O)(=O)C(F)(F)C(F)(F)C(F)(F)F)cc1[N+](=O)[O-])OCC(F)(F)F. The van der Waals surface area contributed by atoms with Gasteiger partial charge in [0, 0.05) is 6.07 Å². The van der Waals surface area contributed by atoms with Crippen LogP contribution in [-0.2, 0) is 19.4 Å². The average Bonchev–Trinajstić information content (AvgIpc) is 2.62. The lowest BCUT2D eigenvalue weighted by Gasteiger charge is -2.27. The van der Waals surface area contributed by atoms with Gasteiger partial charge in [-0.1, -0.05) is 0 Å². The number of sulfone groups is 1. The van der Waals surface area contributed by atoms with Gasteiger partial charge in [0.1, 0.15) is 0 Å². The molecule has 0 heterocycles. The summed E-state index contributed by atoms with van der Waals surface area (Å²) >= 11 is 0. The minimum atomic E-state index is -7.09. The molecule has 0 N–H and O–H groups in total. The Morgan fingerprint density at radius 3 is 1.97 bits per heavy atom. The third kappa shape index (κ3) is 5.49. The van der Waals surface area contributed by atoms with Crippen LogP contribution in [0.4, 0.5) is 49.6 Å². The fourth-order valence-electron chi connectivity index (χ4n) is 1.75. The number of benzene rings is 1. The Hall–Kier alpha value is -2.86. The normalized spacial score (nSPS) is 13.6. The zero-order valence-electron chi connectivity index (χ0n) is 14.6. The standard InChI is InChI=1S/C13H7F10NO7S/c14-10(15,16)5-31-9(25)4-30-8-2-1-6(3-7(8)24(26)27)32(28,29)13(22,23)11(17,18)12(19,20)21/h1-3H,4-5H2. The first kappa shape index (κ1) is 27.2. The molecule has 1 aromatic rings. The Labute approximate surface area is 169 Å². The minimum Gasteiger partial charge on any atom is -0.475 e. The highest BCUT2D eigenvalue weighted by molar-refractivity contribution is 7.92. The molecule has 0 aliphatic carbocycles. The topological polar surface area (TPSA) is 113 Å². The quantitative estimate of drug-likeness (QED) is 0.227. The molecule has 0 spiro atoms. The number of rotatable bonds is 8. The molecule has 19 heteroatoms. The van der Waals surface area contributed by atoms with Crippen molar-refractivity contribution in [3.63, 3.8) is 0 Å². The van der Waals surface area contributed by atoms with Gasteiger partial charge in [-0.2, -0.15) is 43.9 Å². The van der Waals surface area contributed by atoms with Gasteiger partial charge >= 0.3 is 35.2 Å². The maximum absolute atomic E-state index is 13.6. The Morgan fingerprint density at radius 2 is 1.53 bits per heavy atom. The number of esters is 1. The molecule has 0 aliphatic heterocycles. The van der Waals surface area contributed by atoms with Gasteiger partial charge in [0.25, 0.3) is 9.84 Å². The van der Waals surface area contributed by atoms with E-state index in [9.17, 15) is 67.2 Å². The molecule has 0 aliphatic rings. The molecule has 0 saturated carbocycles. The van der Waals surface area contributed by atoms with E-state index in [0.717, 1.165) is 0 Å². The number of carbonyl (C=O) groups is 1. The van der Waals surface area contributed by atoms with Crippen molar-refractivity contribution in [1.29, 1.82) is 0 Å². The molecule has 0 aromatic heterocycles. The number of nitro groups is 1. The smallest absolute Gasteiger partial charge is 0.461 e. The van der Waals surface area contributed by atoms with Gasteiger partial charge in [-0.25, -0.2) is 13.2 Å². The molecule has 0 fully saturated rings. The first-order valence-electron chi connectivity index (χ1n) is 7.36. The van der Waals surface area contributed by atoms with E-state index in [4.69, 9.17) is 0 Å². The summed E-state index contributed by atoms with van der Waals surface area (Å²) in [7, 11) is -6.89. The summed E-state index contributed by atoms with van der Waals surface area (Å²) in [6.07, 6.45) is -12.0. The summed E-state index contributed by atoms with van der Waals surface area (Å²) in [4.78, 5) is 18.5. The molecular formula is C13H7F10NO7S. The molecule has 0 unspecified atom stereocenters. The van der Waals surface area contributed by atoms with E-state index in [1.54, 1.807) is 0 Å². The van der Waals surface area contributed by atoms with Gasteiger partial charge in [-0.05, 0) is 12.1 Å². The lowest BCUT2D eigenvalue weighted by atomic mass is 10.3. The fourth-order valence-corrected chi connectivity index (χ4v) is 3.01. The minimum absolute atomic E-state index is 0.0842. The number of hydrogen-bond acceptors (Lipinski definition) is 7. The van der Waals surface area contributed by atoms with Gasteiger partial charge in [-0.15, -0.1) is 0 Å². The average molecular weight is 511 g/mol. The van der Waals surface area contributed by atoms with Crippen LogP contribution in [0.5, 0.6) is 5.75 Å². The number of alkyl halides is 10. The number of halogens is 10. The van der Waals surface area contributed by atoms with Crippen LogP contribution in [0.15, 0.2) is 23.1 Å². The first-order valence-corrected chi connectivity index (χ1v) is 8.84. The van der Waals surface area contributed by atoms with Gasteiger partial charge < -0.3 is 9.47 Å². The van der Waals surface area contributed by atoms with E-state index in [0.29, 0.717) is 0 Å². The van der Waals surface area contributed by atoms with Crippen LogP contribution in [0.1, 0.15) is 0 Å². The predicted octanol–water partition coefficient (Wildman–Crippen LogP) is 3.64. The van der Waals surface area contributed by atoms with Gasteiger partial charge in [0.2, 0.25) is 0 Å². The number of hydrogen-bond donors (Lipinski definition) is 0. The molecule has 1 aromatic carbocycles. The molecule has 1 rings (SSSR count). The molecule has 0 amide bonds. The summed E-state index contributed by atoms with van der Waals surface area (Å²) in [5, 5.41) is 4.16. The van der Waals surface area contributed by atoms with Crippen LogP contribution in [0.3, 0.4) is 0 Å². The van der Waals surface area contributed by atoms with Crippen LogP contribution in [0, 0.1) is 10.1 Å². The number of carbonyl (C=O) groups excluding carboxylic acids is 1. The Bertz CT molecular complexity index is 988. The van der Waals surface area contributed by atoms with E-state index in [2.05, 4.69) is 9.47 Å². The third-order valence-electron chi connectivity index (χ3n) is 3.24. The number of nitro benzene ring substituents is 1. The van der Waals surface area contributed by atoms with Crippen LogP contribution in [0.2, 0.25) is 0 Å². The van der Waals surface area contributed by atoms with Crippen LogP contribution < -0.4 is 4.74 Å². The zero-order valence-corrected chi connectivity index (χ0v) is 15.5.